The van der Waals surface area contributed by atoms with Crippen molar-refractivity contribution in [1.29, 1.82) is 0 Å². The minimum absolute atomic E-state index is 0.0464. The van der Waals surface area contributed by atoms with Crippen LogP contribution in [-0.2, 0) is 4.79 Å². The third kappa shape index (κ3) is 1.96. The van der Waals surface area contributed by atoms with Crippen LogP contribution in [0.5, 0.6) is 0 Å². The van der Waals surface area contributed by atoms with Gasteiger partial charge >= 0.3 is 0 Å². The van der Waals surface area contributed by atoms with E-state index in [1.54, 1.807) is 4.90 Å². The summed E-state index contributed by atoms with van der Waals surface area (Å²) < 4.78 is 0.892. The Balaban J connectivity index is 2.09. The van der Waals surface area contributed by atoms with Gasteiger partial charge in [-0.1, -0.05) is 0 Å². The van der Waals surface area contributed by atoms with Gasteiger partial charge in [0.1, 0.15) is 0 Å². The summed E-state index contributed by atoms with van der Waals surface area (Å²) in [4.78, 5) is 22.0. The lowest BCUT2D eigenvalue weighted by Crippen LogP contribution is -2.26. The van der Waals surface area contributed by atoms with Gasteiger partial charge in [0.05, 0.1) is 10.2 Å². The fourth-order valence-electron chi connectivity index (χ4n) is 2.09. The summed E-state index contributed by atoms with van der Waals surface area (Å²) >= 11 is 13.2. The van der Waals surface area contributed by atoms with E-state index in [1.807, 2.05) is 11.4 Å². The van der Waals surface area contributed by atoms with Crippen molar-refractivity contribution in [2.75, 3.05) is 17.3 Å². The summed E-state index contributed by atoms with van der Waals surface area (Å²) in [7, 11) is 0. The molecule has 1 saturated heterocycles. The van der Waals surface area contributed by atoms with Crippen LogP contribution in [0.15, 0.2) is 11.4 Å². The summed E-state index contributed by atoms with van der Waals surface area (Å²) in [5, 5.41) is 2.08. The van der Waals surface area contributed by atoms with Gasteiger partial charge in [0.15, 0.2) is 5.82 Å². The number of anilines is 1. The normalized spacial score (nSPS) is 20.0. The van der Waals surface area contributed by atoms with E-state index in [1.165, 1.54) is 11.3 Å². The van der Waals surface area contributed by atoms with Gasteiger partial charge in [-0.3, -0.25) is 9.69 Å². The zero-order chi connectivity index (χ0) is 12.7. The molecule has 3 rings (SSSR count). The Kier molecular flexibility index (Phi) is 3.13. The van der Waals surface area contributed by atoms with E-state index in [-0.39, 0.29) is 17.1 Å². The molecule has 1 aliphatic heterocycles. The van der Waals surface area contributed by atoms with Crippen molar-refractivity contribution in [1.82, 2.24) is 9.97 Å². The van der Waals surface area contributed by atoms with Gasteiger partial charge < -0.3 is 0 Å². The summed E-state index contributed by atoms with van der Waals surface area (Å²) in [6.07, 6.45) is 0.470. The molecule has 2 aromatic heterocycles. The molecule has 1 unspecified atom stereocenters. The number of nitrogens with zero attached hydrogens (tertiary/aromatic N) is 3. The number of fused-ring (bicyclic) bond motifs is 1. The molecule has 0 spiro atoms. The Morgan fingerprint density at radius 3 is 3.06 bits per heavy atom. The molecule has 1 aliphatic rings. The van der Waals surface area contributed by atoms with E-state index < -0.39 is 0 Å². The molecule has 0 radical (unpaired) electrons. The first-order chi connectivity index (χ1) is 8.69. The maximum Gasteiger partial charge on any atom is 0.228 e. The van der Waals surface area contributed by atoms with Crippen LogP contribution in [0.25, 0.3) is 10.2 Å². The molecule has 0 N–H and O–H groups in total. The highest BCUT2D eigenvalue weighted by molar-refractivity contribution is 7.17. The summed E-state index contributed by atoms with van der Waals surface area (Å²) in [5.41, 5.74) is 0.775. The van der Waals surface area contributed by atoms with Gasteiger partial charge in [0.2, 0.25) is 11.2 Å². The van der Waals surface area contributed by atoms with Crippen molar-refractivity contribution in [2.24, 2.45) is 5.92 Å². The fourth-order valence-corrected chi connectivity index (χ4v) is 3.30. The number of thiophene rings is 1. The van der Waals surface area contributed by atoms with Gasteiger partial charge in [-0.2, -0.15) is 4.98 Å². The summed E-state index contributed by atoms with van der Waals surface area (Å²) in [6, 6.07) is 1.87. The molecule has 1 fully saturated rings. The second-order valence-corrected chi connectivity index (χ2v) is 5.74. The molecule has 0 bridgehead atoms. The van der Waals surface area contributed by atoms with Crippen molar-refractivity contribution in [2.45, 2.75) is 6.42 Å². The third-order valence-electron chi connectivity index (χ3n) is 2.94. The van der Waals surface area contributed by atoms with Crippen LogP contribution >= 0.6 is 34.5 Å². The van der Waals surface area contributed by atoms with Crippen LogP contribution in [0.1, 0.15) is 6.42 Å². The van der Waals surface area contributed by atoms with E-state index in [4.69, 9.17) is 23.2 Å². The Bertz CT molecular complexity index is 615. The van der Waals surface area contributed by atoms with E-state index >= 15 is 0 Å². The molecule has 1 amide bonds. The Hall–Kier alpha value is -0.910. The van der Waals surface area contributed by atoms with Crippen LogP contribution in [0, 0.1) is 5.92 Å². The number of aromatic nitrogens is 2. The topological polar surface area (TPSA) is 46.1 Å². The quantitative estimate of drug-likeness (QED) is 0.633. The highest BCUT2D eigenvalue weighted by Gasteiger charge is 2.32. The number of amides is 1. The zero-order valence-corrected chi connectivity index (χ0v) is 11.6. The molecule has 4 nitrogen and oxygen atoms in total. The third-order valence-corrected chi connectivity index (χ3v) is 4.44. The van der Waals surface area contributed by atoms with Gasteiger partial charge in [0, 0.05) is 18.8 Å². The van der Waals surface area contributed by atoms with Crippen LogP contribution in [-0.4, -0.2) is 28.3 Å². The molecular weight excluding hydrogens is 293 g/mol. The number of carbonyl (C=O) groups is 1. The standard InChI is InChI=1S/C11H9Cl2N3OS/c12-4-6-3-8(17)16(5-6)10-9-7(1-2-18-9)14-11(13)15-10/h1-2,6H,3-5H2. The highest BCUT2D eigenvalue weighted by Crippen LogP contribution is 2.33. The second-order valence-electron chi connectivity index (χ2n) is 4.18. The molecule has 1 atom stereocenters. The minimum Gasteiger partial charge on any atom is -0.295 e. The smallest absolute Gasteiger partial charge is 0.228 e. The zero-order valence-electron chi connectivity index (χ0n) is 9.27. The average molecular weight is 302 g/mol. The average Bonchev–Trinajstić information content (AvgIpc) is 2.94. The second kappa shape index (κ2) is 4.64. The first-order valence-electron chi connectivity index (χ1n) is 5.46. The van der Waals surface area contributed by atoms with Crippen molar-refractivity contribution in [3.05, 3.63) is 16.7 Å². The molecule has 0 saturated carbocycles. The molecule has 7 heteroatoms. The summed E-state index contributed by atoms with van der Waals surface area (Å²) in [5.74, 6) is 1.32. The monoisotopic (exact) mass is 301 g/mol. The van der Waals surface area contributed by atoms with Crippen molar-refractivity contribution in [3.63, 3.8) is 0 Å². The lowest BCUT2D eigenvalue weighted by Gasteiger charge is -2.15. The number of carbonyl (C=O) groups excluding carboxylic acids is 1. The molecule has 2 aromatic rings. The molecule has 94 valence electrons. The minimum atomic E-state index is 0.0464. The van der Waals surface area contributed by atoms with Gasteiger partial charge in [-0.25, -0.2) is 4.98 Å². The van der Waals surface area contributed by atoms with Crippen LogP contribution in [0.2, 0.25) is 5.28 Å². The predicted octanol–water partition coefficient (Wildman–Crippen LogP) is 2.94. The number of alkyl halides is 1. The number of hydrogen-bond acceptors (Lipinski definition) is 4. The van der Waals surface area contributed by atoms with E-state index in [2.05, 4.69) is 9.97 Å². The van der Waals surface area contributed by atoms with Crippen molar-refractivity contribution < 1.29 is 4.79 Å². The van der Waals surface area contributed by atoms with Crippen LogP contribution < -0.4 is 4.90 Å². The molecule has 3 heterocycles. The Morgan fingerprint density at radius 2 is 2.33 bits per heavy atom. The van der Waals surface area contributed by atoms with Gasteiger partial charge in [0.25, 0.3) is 0 Å². The van der Waals surface area contributed by atoms with E-state index in [0.717, 1.165) is 10.2 Å². The number of rotatable bonds is 2. The van der Waals surface area contributed by atoms with E-state index in [9.17, 15) is 4.79 Å². The fraction of sp³-hybridized carbons (Fsp3) is 0.364. The molecule has 0 aliphatic carbocycles. The Labute approximate surface area is 118 Å². The van der Waals surface area contributed by atoms with Gasteiger partial charge in [-0.05, 0) is 29.0 Å². The number of halogens is 2. The van der Waals surface area contributed by atoms with Crippen LogP contribution in [0.4, 0.5) is 5.82 Å². The first kappa shape index (κ1) is 12.1. The first-order valence-corrected chi connectivity index (χ1v) is 7.25. The largest absolute Gasteiger partial charge is 0.295 e. The van der Waals surface area contributed by atoms with Gasteiger partial charge in [-0.15, -0.1) is 22.9 Å². The van der Waals surface area contributed by atoms with Crippen LogP contribution in [0.3, 0.4) is 0 Å². The summed E-state index contributed by atoms with van der Waals surface area (Å²) in [6.45, 7) is 0.600. The van der Waals surface area contributed by atoms with Crippen molar-refractivity contribution >= 4 is 56.5 Å². The predicted molar refractivity (Wildman–Crippen MR) is 73.6 cm³/mol. The van der Waals surface area contributed by atoms with E-state index in [0.29, 0.717) is 24.7 Å². The SMILES string of the molecule is O=C1CC(CCl)CN1c1nc(Cl)nc2ccsc12. The molecule has 0 aromatic carbocycles. The lowest BCUT2D eigenvalue weighted by atomic mass is 10.1. The Morgan fingerprint density at radius 1 is 1.50 bits per heavy atom. The number of hydrogen-bond donors (Lipinski definition) is 0. The lowest BCUT2D eigenvalue weighted by molar-refractivity contribution is -0.117. The van der Waals surface area contributed by atoms with Crippen molar-refractivity contribution in [3.8, 4) is 0 Å². The maximum absolute atomic E-state index is 12.0. The molecule has 18 heavy (non-hydrogen) atoms. The molecular formula is C11H9Cl2N3OS. The highest BCUT2D eigenvalue weighted by atomic mass is 35.5. The maximum atomic E-state index is 12.0.